The van der Waals surface area contributed by atoms with Crippen LogP contribution < -0.4 is 19.7 Å². The average molecular weight is 501 g/mol. The number of esters is 1. The van der Waals surface area contributed by atoms with Crippen molar-refractivity contribution < 1.29 is 23.5 Å². The highest BCUT2D eigenvalue weighted by Gasteiger charge is 2.22. The van der Waals surface area contributed by atoms with Crippen LogP contribution in [0.25, 0.3) is 10.2 Å². The molecule has 0 atom stereocenters. The fourth-order valence-electron chi connectivity index (χ4n) is 3.22. The standard InChI is InChI=1S/C23H18ClFN4O4S/c1-12(30)33-21-18(32-3)8-9-26-20(21)22(31)28-23-27-16-6-5-14(11-19(16)34-23)29(2)17-7-4-13(25)10-15(17)24/h4-11H,1-3H3,(H,27,28,31). The van der Waals surface area contributed by atoms with E-state index in [1.807, 2.05) is 24.1 Å². The number of benzene rings is 2. The molecule has 0 spiro atoms. The molecule has 0 aliphatic rings. The normalized spacial score (nSPS) is 10.7. The SMILES string of the molecule is COc1ccnc(C(=O)Nc2nc3ccc(N(C)c4ccc(F)cc4Cl)cc3s2)c1OC(C)=O. The van der Waals surface area contributed by atoms with Crippen LogP contribution in [0.5, 0.6) is 11.5 Å². The highest BCUT2D eigenvalue weighted by atomic mass is 35.5. The van der Waals surface area contributed by atoms with E-state index < -0.39 is 17.7 Å². The zero-order chi connectivity index (χ0) is 24.4. The first-order valence-electron chi connectivity index (χ1n) is 9.89. The third-order valence-corrected chi connectivity index (χ3v) is 6.04. The minimum atomic E-state index is -0.613. The third-order valence-electron chi connectivity index (χ3n) is 4.80. The molecule has 4 rings (SSSR count). The molecular weight excluding hydrogens is 483 g/mol. The number of pyridine rings is 1. The Bertz CT molecular complexity index is 1410. The van der Waals surface area contributed by atoms with E-state index in [1.165, 1.54) is 49.8 Å². The predicted octanol–water partition coefficient (Wildman–Crippen LogP) is 5.44. The summed E-state index contributed by atoms with van der Waals surface area (Å²) in [5, 5.41) is 3.31. The van der Waals surface area contributed by atoms with Gasteiger partial charge in [-0.2, -0.15) is 0 Å². The number of carbonyl (C=O) groups excluding carboxylic acids is 2. The largest absolute Gasteiger partial charge is 0.493 e. The number of hydrogen-bond acceptors (Lipinski definition) is 8. The number of rotatable bonds is 6. The van der Waals surface area contributed by atoms with Gasteiger partial charge in [0.25, 0.3) is 5.91 Å². The minimum absolute atomic E-state index is 0.0730. The Hall–Kier alpha value is -3.76. The van der Waals surface area contributed by atoms with Crippen LogP contribution >= 0.6 is 22.9 Å². The van der Waals surface area contributed by atoms with Gasteiger partial charge in [-0.3, -0.25) is 14.9 Å². The molecule has 1 amide bonds. The van der Waals surface area contributed by atoms with Crippen molar-refractivity contribution in [1.29, 1.82) is 0 Å². The second kappa shape index (κ2) is 9.62. The van der Waals surface area contributed by atoms with Gasteiger partial charge in [0, 0.05) is 31.9 Å². The quantitative estimate of drug-likeness (QED) is 0.352. The van der Waals surface area contributed by atoms with Gasteiger partial charge in [0.05, 0.1) is 28.0 Å². The van der Waals surface area contributed by atoms with Crippen LogP contribution in [0, 0.1) is 5.82 Å². The van der Waals surface area contributed by atoms with Crippen LogP contribution in [-0.4, -0.2) is 36.0 Å². The van der Waals surface area contributed by atoms with Gasteiger partial charge >= 0.3 is 5.97 Å². The summed E-state index contributed by atoms with van der Waals surface area (Å²) in [5.74, 6) is -1.51. The van der Waals surface area contributed by atoms with Crippen LogP contribution in [0.3, 0.4) is 0 Å². The number of nitrogens with zero attached hydrogens (tertiary/aromatic N) is 3. The maximum Gasteiger partial charge on any atom is 0.308 e. The maximum absolute atomic E-state index is 13.4. The van der Waals surface area contributed by atoms with Gasteiger partial charge in [0.2, 0.25) is 5.75 Å². The third kappa shape index (κ3) is 4.78. The number of ether oxygens (including phenoxy) is 2. The molecule has 0 saturated carbocycles. The van der Waals surface area contributed by atoms with Crippen molar-refractivity contribution in [3.05, 3.63) is 65.2 Å². The summed E-state index contributed by atoms with van der Waals surface area (Å²) in [6.07, 6.45) is 1.38. The smallest absolute Gasteiger partial charge is 0.308 e. The Morgan fingerprint density at radius 1 is 1.18 bits per heavy atom. The Morgan fingerprint density at radius 3 is 2.68 bits per heavy atom. The van der Waals surface area contributed by atoms with E-state index in [1.54, 1.807) is 12.1 Å². The molecule has 174 valence electrons. The molecule has 0 fully saturated rings. The van der Waals surface area contributed by atoms with Crippen molar-refractivity contribution in [3.63, 3.8) is 0 Å². The van der Waals surface area contributed by atoms with Crippen molar-refractivity contribution in [2.75, 3.05) is 24.4 Å². The van der Waals surface area contributed by atoms with Gasteiger partial charge in [0.15, 0.2) is 16.6 Å². The molecule has 0 saturated heterocycles. The number of fused-ring (bicyclic) bond motifs is 1. The van der Waals surface area contributed by atoms with Gasteiger partial charge < -0.3 is 14.4 Å². The maximum atomic E-state index is 13.4. The first kappa shape index (κ1) is 23.4. The lowest BCUT2D eigenvalue weighted by Gasteiger charge is -2.20. The zero-order valence-electron chi connectivity index (χ0n) is 18.3. The molecule has 4 aromatic rings. The molecule has 2 heterocycles. The number of carbonyl (C=O) groups is 2. The van der Waals surface area contributed by atoms with E-state index in [0.717, 1.165) is 10.4 Å². The van der Waals surface area contributed by atoms with E-state index in [2.05, 4.69) is 15.3 Å². The summed E-state index contributed by atoms with van der Waals surface area (Å²) < 4.78 is 24.5. The lowest BCUT2D eigenvalue weighted by Crippen LogP contribution is -2.17. The monoisotopic (exact) mass is 500 g/mol. The Labute approximate surface area is 202 Å². The van der Waals surface area contributed by atoms with E-state index in [9.17, 15) is 14.0 Å². The summed E-state index contributed by atoms with van der Waals surface area (Å²) in [6, 6.07) is 11.2. The molecular formula is C23H18ClFN4O4S. The van der Waals surface area contributed by atoms with Crippen LogP contribution in [0.15, 0.2) is 48.7 Å². The molecule has 2 aromatic heterocycles. The zero-order valence-corrected chi connectivity index (χ0v) is 19.8. The van der Waals surface area contributed by atoms with E-state index in [4.69, 9.17) is 21.1 Å². The second-order valence-corrected chi connectivity index (χ2v) is 8.50. The number of hydrogen-bond donors (Lipinski definition) is 1. The molecule has 1 N–H and O–H groups in total. The van der Waals surface area contributed by atoms with Gasteiger partial charge in [0.1, 0.15) is 5.82 Å². The first-order valence-corrected chi connectivity index (χ1v) is 11.1. The Balaban J connectivity index is 1.61. The van der Waals surface area contributed by atoms with Crippen molar-refractivity contribution >= 4 is 61.5 Å². The number of aromatic nitrogens is 2. The molecule has 0 aliphatic carbocycles. The van der Waals surface area contributed by atoms with Crippen LogP contribution in [0.2, 0.25) is 5.02 Å². The molecule has 8 nitrogen and oxygen atoms in total. The molecule has 0 bridgehead atoms. The fraction of sp³-hybridized carbons (Fsp3) is 0.130. The molecule has 0 unspecified atom stereocenters. The van der Waals surface area contributed by atoms with Crippen molar-refractivity contribution in [1.82, 2.24) is 9.97 Å². The molecule has 2 aromatic carbocycles. The van der Waals surface area contributed by atoms with Crippen LogP contribution in [0.4, 0.5) is 20.9 Å². The fourth-order valence-corrected chi connectivity index (χ4v) is 4.41. The Morgan fingerprint density at radius 2 is 1.97 bits per heavy atom. The highest BCUT2D eigenvalue weighted by Crippen LogP contribution is 2.35. The summed E-state index contributed by atoms with van der Waals surface area (Å²) in [5.41, 5.74) is 2.00. The van der Waals surface area contributed by atoms with Gasteiger partial charge in [-0.05, 0) is 36.4 Å². The minimum Gasteiger partial charge on any atom is -0.493 e. The summed E-state index contributed by atoms with van der Waals surface area (Å²) in [4.78, 5) is 34.7. The highest BCUT2D eigenvalue weighted by molar-refractivity contribution is 7.22. The predicted molar refractivity (Wildman–Crippen MR) is 129 cm³/mol. The lowest BCUT2D eigenvalue weighted by molar-refractivity contribution is -0.132. The summed E-state index contributed by atoms with van der Waals surface area (Å²) in [6.45, 7) is 1.22. The van der Waals surface area contributed by atoms with E-state index in [0.29, 0.717) is 16.3 Å². The van der Waals surface area contributed by atoms with Crippen molar-refractivity contribution in [2.45, 2.75) is 6.92 Å². The lowest BCUT2D eigenvalue weighted by atomic mass is 10.2. The van der Waals surface area contributed by atoms with Crippen LogP contribution in [-0.2, 0) is 4.79 Å². The van der Waals surface area contributed by atoms with Gasteiger partial charge in [-0.15, -0.1) is 0 Å². The molecule has 0 aliphatic heterocycles. The number of thiazole rings is 1. The molecule has 11 heteroatoms. The van der Waals surface area contributed by atoms with E-state index in [-0.39, 0.29) is 22.2 Å². The van der Waals surface area contributed by atoms with Crippen LogP contribution in [0.1, 0.15) is 17.4 Å². The average Bonchev–Trinajstić information content (AvgIpc) is 3.19. The second-order valence-electron chi connectivity index (χ2n) is 7.06. The summed E-state index contributed by atoms with van der Waals surface area (Å²) in [7, 11) is 3.21. The number of methoxy groups -OCH3 is 1. The number of anilines is 3. The molecule has 0 radical (unpaired) electrons. The molecule has 34 heavy (non-hydrogen) atoms. The first-order chi connectivity index (χ1) is 16.3. The van der Waals surface area contributed by atoms with Crippen molar-refractivity contribution in [2.24, 2.45) is 0 Å². The number of nitrogens with one attached hydrogen (secondary N) is 1. The van der Waals surface area contributed by atoms with Gasteiger partial charge in [-0.1, -0.05) is 22.9 Å². The number of halogens is 2. The number of amides is 1. The summed E-state index contributed by atoms with van der Waals surface area (Å²) >= 11 is 7.45. The topological polar surface area (TPSA) is 93.7 Å². The van der Waals surface area contributed by atoms with E-state index >= 15 is 0 Å². The Kier molecular flexibility index (Phi) is 6.62. The van der Waals surface area contributed by atoms with Gasteiger partial charge in [-0.25, -0.2) is 14.4 Å². The van der Waals surface area contributed by atoms with Crippen molar-refractivity contribution in [3.8, 4) is 11.5 Å².